The van der Waals surface area contributed by atoms with Crippen molar-refractivity contribution in [2.24, 2.45) is 0 Å². The number of piperidine rings is 1. The molecule has 0 aromatic heterocycles. The zero-order valence-corrected chi connectivity index (χ0v) is 12.2. The third-order valence-electron chi connectivity index (χ3n) is 5.10. The van der Waals surface area contributed by atoms with Gasteiger partial charge >= 0.3 is 6.18 Å². The molecule has 0 saturated carbocycles. The average molecular weight is 310 g/mol. The van der Waals surface area contributed by atoms with Gasteiger partial charge in [0, 0.05) is 17.6 Å². The van der Waals surface area contributed by atoms with Gasteiger partial charge in [-0.1, -0.05) is 0 Å². The molecule has 1 aromatic rings. The van der Waals surface area contributed by atoms with E-state index in [2.05, 4.69) is 4.90 Å². The molecule has 3 nitrogen and oxygen atoms in total. The van der Waals surface area contributed by atoms with Crippen LogP contribution in [0.3, 0.4) is 0 Å². The molecule has 22 heavy (non-hydrogen) atoms. The van der Waals surface area contributed by atoms with Gasteiger partial charge < -0.3 is 10.0 Å². The van der Waals surface area contributed by atoms with Gasteiger partial charge in [0.1, 0.15) is 0 Å². The topological polar surface area (TPSA) is 47.3 Å². The minimum atomic E-state index is -4.48. The number of rotatable bonds is 1. The maximum absolute atomic E-state index is 13.0. The Hall–Kier alpha value is -1.58. The van der Waals surface area contributed by atoms with Crippen LogP contribution in [0.5, 0.6) is 0 Å². The summed E-state index contributed by atoms with van der Waals surface area (Å²) in [6, 6.07) is 5.24. The molecule has 2 heterocycles. The van der Waals surface area contributed by atoms with Crippen LogP contribution >= 0.6 is 0 Å². The van der Waals surface area contributed by atoms with Crippen LogP contribution < -0.4 is 0 Å². The lowest BCUT2D eigenvalue weighted by atomic mass is 9.78. The predicted octanol–water partition coefficient (Wildman–Crippen LogP) is 3.02. The highest BCUT2D eigenvalue weighted by Gasteiger charge is 2.48. The fourth-order valence-corrected chi connectivity index (χ4v) is 3.87. The number of hydrogen-bond acceptors (Lipinski definition) is 3. The molecule has 2 aliphatic rings. The van der Waals surface area contributed by atoms with Gasteiger partial charge in [-0.3, -0.25) is 0 Å². The normalized spacial score (nSPS) is 32.0. The summed E-state index contributed by atoms with van der Waals surface area (Å²) in [6.45, 7) is 0. The maximum atomic E-state index is 13.0. The van der Waals surface area contributed by atoms with Crippen LogP contribution in [0.4, 0.5) is 13.2 Å². The number of nitriles is 1. The fraction of sp³-hybridized carbons (Fsp3) is 0.562. The second kappa shape index (κ2) is 4.97. The summed E-state index contributed by atoms with van der Waals surface area (Å²) >= 11 is 0. The van der Waals surface area contributed by atoms with E-state index in [1.54, 1.807) is 0 Å². The number of alkyl halides is 3. The molecule has 118 valence electrons. The van der Waals surface area contributed by atoms with Crippen LogP contribution in [0.1, 0.15) is 42.4 Å². The molecule has 3 rings (SSSR count). The summed E-state index contributed by atoms with van der Waals surface area (Å²) in [6.07, 6.45) is -1.87. The lowest BCUT2D eigenvalue weighted by Gasteiger charge is -2.42. The van der Waals surface area contributed by atoms with Crippen molar-refractivity contribution < 1.29 is 18.3 Å². The van der Waals surface area contributed by atoms with Crippen molar-refractivity contribution in [1.29, 1.82) is 5.26 Å². The number of nitrogens with zero attached hydrogens (tertiary/aromatic N) is 2. The Balaban J connectivity index is 2.05. The van der Waals surface area contributed by atoms with Gasteiger partial charge in [-0.2, -0.15) is 18.4 Å². The zero-order chi connectivity index (χ0) is 16.1. The van der Waals surface area contributed by atoms with Crippen molar-refractivity contribution >= 4 is 0 Å². The SMILES string of the molecule is CN1C2CCC1CC(O)(c1cc(C(F)(F)F)ccc1C#N)C2. The molecule has 2 fully saturated rings. The van der Waals surface area contributed by atoms with Gasteiger partial charge in [-0.15, -0.1) is 0 Å². The van der Waals surface area contributed by atoms with E-state index in [-0.39, 0.29) is 23.2 Å². The van der Waals surface area contributed by atoms with Crippen LogP contribution in [0.15, 0.2) is 18.2 Å². The number of aliphatic hydroxyl groups is 1. The van der Waals surface area contributed by atoms with Crippen LogP contribution in [-0.2, 0) is 11.8 Å². The van der Waals surface area contributed by atoms with E-state index in [4.69, 9.17) is 0 Å². The van der Waals surface area contributed by atoms with Crippen molar-refractivity contribution in [2.45, 2.75) is 49.5 Å². The summed E-state index contributed by atoms with van der Waals surface area (Å²) in [5.74, 6) is 0. The van der Waals surface area contributed by atoms with Crippen LogP contribution in [0, 0.1) is 11.3 Å². The minimum Gasteiger partial charge on any atom is -0.385 e. The van der Waals surface area contributed by atoms with E-state index < -0.39 is 17.3 Å². The average Bonchev–Trinajstić information content (AvgIpc) is 2.69. The van der Waals surface area contributed by atoms with Crippen molar-refractivity contribution in [3.8, 4) is 6.07 Å². The first-order chi connectivity index (χ1) is 10.2. The minimum absolute atomic E-state index is 0.120. The quantitative estimate of drug-likeness (QED) is 0.867. The number of halogens is 3. The van der Waals surface area contributed by atoms with Crippen molar-refractivity contribution in [1.82, 2.24) is 4.90 Å². The van der Waals surface area contributed by atoms with E-state index in [0.717, 1.165) is 31.0 Å². The Kier molecular flexibility index (Phi) is 3.46. The van der Waals surface area contributed by atoms with E-state index >= 15 is 0 Å². The Morgan fingerprint density at radius 1 is 1.27 bits per heavy atom. The summed E-state index contributed by atoms with van der Waals surface area (Å²) in [4.78, 5) is 2.19. The molecule has 2 aliphatic heterocycles. The molecule has 2 unspecified atom stereocenters. The highest BCUT2D eigenvalue weighted by molar-refractivity contribution is 5.45. The first-order valence-corrected chi connectivity index (χ1v) is 7.31. The van der Waals surface area contributed by atoms with Gasteiger partial charge in [0.25, 0.3) is 0 Å². The molecule has 0 radical (unpaired) electrons. The number of hydrogen-bond donors (Lipinski definition) is 1. The molecule has 1 N–H and O–H groups in total. The Bertz CT molecular complexity index is 621. The highest BCUT2D eigenvalue weighted by Crippen LogP contribution is 2.46. The predicted molar refractivity (Wildman–Crippen MR) is 73.9 cm³/mol. The van der Waals surface area contributed by atoms with E-state index in [1.165, 1.54) is 0 Å². The van der Waals surface area contributed by atoms with Crippen LogP contribution in [0.2, 0.25) is 0 Å². The third-order valence-corrected chi connectivity index (χ3v) is 5.10. The van der Waals surface area contributed by atoms with Crippen LogP contribution in [-0.4, -0.2) is 29.1 Å². The number of fused-ring (bicyclic) bond motifs is 2. The molecule has 0 amide bonds. The highest BCUT2D eigenvalue weighted by atomic mass is 19.4. The second-order valence-electron chi connectivity index (χ2n) is 6.36. The molecule has 2 saturated heterocycles. The van der Waals surface area contributed by atoms with E-state index in [1.807, 2.05) is 13.1 Å². The largest absolute Gasteiger partial charge is 0.416 e. The summed E-state index contributed by atoms with van der Waals surface area (Å²) in [7, 11) is 1.99. The van der Waals surface area contributed by atoms with Crippen molar-refractivity contribution in [3.05, 3.63) is 34.9 Å². The second-order valence-corrected chi connectivity index (χ2v) is 6.36. The standard InChI is InChI=1S/C16H17F3N2O/c1-21-12-4-5-13(21)8-15(22,7-12)14-6-11(16(17,18)19)3-2-10(14)9-20/h2-3,6,12-13,22H,4-5,7-8H2,1H3. The van der Waals surface area contributed by atoms with Crippen molar-refractivity contribution in [3.63, 3.8) is 0 Å². The van der Waals surface area contributed by atoms with Gasteiger partial charge in [0.15, 0.2) is 0 Å². The molecule has 2 bridgehead atoms. The van der Waals surface area contributed by atoms with Gasteiger partial charge in [0.05, 0.1) is 22.8 Å². The number of benzene rings is 1. The van der Waals surface area contributed by atoms with E-state index in [9.17, 15) is 23.5 Å². The molecule has 2 atom stereocenters. The molecule has 0 aliphatic carbocycles. The lowest BCUT2D eigenvalue weighted by molar-refractivity contribution is -0.137. The van der Waals surface area contributed by atoms with Gasteiger partial charge in [-0.25, -0.2) is 0 Å². The third kappa shape index (κ3) is 2.38. The monoisotopic (exact) mass is 310 g/mol. The van der Waals surface area contributed by atoms with Crippen LogP contribution in [0.25, 0.3) is 0 Å². The van der Waals surface area contributed by atoms with E-state index in [0.29, 0.717) is 12.8 Å². The Morgan fingerprint density at radius 2 is 1.86 bits per heavy atom. The fourth-order valence-electron chi connectivity index (χ4n) is 3.87. The van der Waals surface area contributed by atoms with Gasteiger partial charge in [0.2, 0.25) is 0 Å². The first kappa shape index (κ1) is 15.3. The Morgan fingerprint density at radius 3 is 2.36 bits per heavy atom. The smallest absolute Gasteiger partial charge is 0.385 e. The zero-order valence-electron chi connectivity index (χ0n) is 12.2. The molecule has 6 heteroatoms. The summed E-state index contributed by atoms with van der Waals surface area (Å²) < 4.78 is 38.9. The summed E-state index contributed by atoms with van der Waals surface area (Å²) in [5, 5.41) is 20.2. The summed E-state index contributed by atoms with van der Waals surface area (Å²) in [5.41, 5.74) is -1.93. The molecular weight excluding hydrogens is 293 g/mol. The van der Waals surface area contributed by atoms with Gasteiger partial charge in [-0.05, 0) is 50.9 Å². The van der Waals surface area contributed by atoms with Crippen molar-refractivity contribution in [2.75, 3.05) is 7.05 Å². The Labute approximate surface area is 127 Å². The first-order valence-electron chi connectivity index (χ1n) is 7.31. The molecule has 1 aromatic carbocycles. The maximum Gasteiger partial charge on any atom is 0.416 e. The molecule has 0 spiro atoms. The lowest BCUT2D eigenvalue weighted by Crippen LogP contribution is -2.48. The molecular formula is C16H17F3N2O.